The number of unbranched alkanes of at least 4 members (excludes halogenated alkanes) is 1. The first-order valence-corrected chi connectivity index (χ1v) is 11.7. The monoisotopic (exact) mass is 374 g/mol. The molecule has 2 unspecified atom stereocenters. The molecule has 0 radical (unpaired) electrons. The minimum Gasteiger partial charge on any atom is -0.103 e. The van der Waals surface area contributed by atoms with Crippen molar-refractivity contribution >= 4 is 0 Å². The van der Waals surface area contributed by atoms with Gasteiger partial charge >= 0.3 is 0 Å². The van der Waals surface area contributed by atoms with Gasteiger partial charge < -0.3 is 0 Å². The van der Waals surface area contributed by atoms with Crippen LogP contribution < -0.4 is 0 Å². The molecule has 0 nitrogen and oxygen atoms in total. The van der Waals surface area contributed by atoms with Crippen molar-refractivity contribution < 1.29 is 0 Å². The van der Waals surface area contributed by atoms with E-state index in [1.165, 1.54) is 57.8 Å². The van der Waals surface area contributed by atoms with Crippen LogP contribution >= 0.6 is 0 Å². The van der Waals surface area contributed by atoms with Gasteiger partial charge in [0, 0.05) is 0 Å². The summed E-state index contributed by atoms with van der Waals surface area (Å²) in [6.07, 6.45) is 20.1. The standard InChI is InChI=1S/C27H50/c1-9-24(6)20-21-27(26(8)18-13-15-23(4)5)19-11-10-16-25(7)17-12-14-22(2)3/h9,16,21-24,26H,1,10-15,17-20H2,2-8H3/b25-16+,27-21-. The molecule has 0 amide bonds. The quantitative estimate of drug-likeness (QED) is 0.186. The molecular weight excluding hydrogens is 324 g/mol. The van der Waals surface area contributed by atoms with Crippen molar-refractivity contribution in [2.24, 2.45) is 23.7 Å². The Balaban J connectivity index is 4.47. The normalized spacial score (nSPS) is 15.4. The number of rotatable bonds is 16. The fourth-order valence-electron chi connectivity index (χ4n) is 3.55. The molecule has 0 saturated heterocycles. The molecule has 2 atom stereocenters. The van der Waals surface area contributed by atoms with Crippen LogP contribution in [-0.4, -0.2) is 0 Å². The lowest BCUT2D eigenvalue weighted by molar-refractivity contribution is 0.481. The SMILES string of the molecule is C=CC(C)C/C=C(/CCC/C=C(\C)CCCC(C)C)C(C)CCCC(C)C. The van der Waals surface area contributed by atoms with Crippen molar-refractivity contribution in [2.75, 3.05) is 0 Å². The van der Waals surface area contributed by atoms with Crippen LogP contribution in [0.5, 0.6) is 0 Å². The zero-order chi connectivity index (χ0) is 20.7. The average Bonchev–Trinajstić information content (AvgIpc) is 2.59. The molecule has 0 aliphatic rings. The van der Waals surface area contributed by atoms with E-state index in [-0.39, 0.29) is 0 Å². The maximum atomic E-state index is 3.95. The van der Waals surface area contributed by atoms with Gasteiger partial charge in [-0.25, -0.2) is 0 Å². The molecule has 0 fully saturated rings. The first kappa shape index (κ1) is 26.2. The Morgan fingerprint density at radius 2 is 1.41 bits per heavy atom. The largest absolute Gasteiger partial charge is 0.103 e. The lowest BCUT2D eigenvalue weighted by Crippen LogP contribution is -2.02. The fourth-order valence-corrected chi connectivity index (χ4v) is 3.55. The molecule has 158 valence electrons. The highest BCUT2D eigenvalue weighted by atomic mass is 14.2. The highest BCUT2D eigenvalue weighted by Crippen LogP contribution is 2.25. The summed E-state index contributed by atoms with van der Waals surface area (Å²) >= 11 is 0. The highest BCUT2D eigenvalue weighted by molar-refractivity contribution is 5.08. The number of allylic oxidation sites excluding steroid dienone is 5. The maximum Gasteiger partial charge on any atom is -0.0230 e. The highest BCUT2D eigenvalue weighted by Gasteiger charge is 2.10. The molecule has 0 rings (SSSR count). The maximum absolute atomic E-state index is 3.95. The van der Waals surface area contributed by atoms with Crippen LogP contribution in [0.15, 0.2) is 36.0 Å². The summed E-state index contributed by atoms with van der Waals surface area (Å²) in [5.74, 6) is 2.98. The van der Waals surface area contributed by atoms with Gasteiger partial charge in [-0.05, 0) is 75.5 Å². The lowest BCUT2D eigenvalue weighted by Gasteiger charge is -2.18. The van der Waals surface area contributed by atoms with E-state index >= 15 is 0 Å². The van der Waals surface area contributed by atoms with Crippen LogP contribution in [0.25, 0.3) is 0 Å². The molecule has 0 aromatic heterocycles. The van der Waals surface area contributed by atoms with Gasteiger partial charge in [0.1, 0.15) is 0 Å². The van der Waals surface area contributed by atoms with E-state index < -0.39 is 0 Å². The number of hydrogen-bond donors (Lipinski definition) is 0. The van der Waals surface area contributed by atoms with Gasteiger partial charge in [-0.2, -0.15) is 0 Å². The molecular formula is C27H50. The zero-order valence-electron chi connectivity index (χ0n) is 19.8. The topological polar surface area (TPSA) is 0 Å². The van der Waals surface area contributed by atoms with Crippen LogP contribution in [-0.2, 0) is 0 Å². The summed E-state index contributed by atoms with van der Waals surface area (Å²) in [6, 6.07) is 0. The molecule has 0 spiro atoms. The summed E-state index contributed by atoms with van der Waals surface area (Å²) < 4.78 is 0. The smallest absolute Gasteiger partial charge is 0.0230 e. The Hall–Kier alpha value is -0.780. The second-order valence-electron chi connectivity index (χ2n) is 9.68. The summed E-state index contributed by atoms with van der Waals surface area (Å²) in [6.45, 7) is 20.3. The minimum atomic E-state index is 0.589. The summed E-state index contributed by atoms with van der Waals surface area (Å²) in [5, 5.41) is 0. The molecule has 0 aromatic carbocycles. The van der Waals surface area contributed by atoms with E-state index in [0.29, 0.717) is 5.92 Å². The van der Waals surface area contributed by atoms with Crippen molar-refractivity contribution in [1.29, 1.82) is 0 Å². The van der Waals surface area contributed by atoms with Gasteiger partial charge in [0.05, 0.1) is 0 Å². The van der Waals surface area contributed by atoms with Gasteiger partial charge in [0.15, 0.2) is 0 Å². The molecule has 0 saturated carbocycles. The van der Waals surface area contributed by atoms with Gasteiger partial charge in [0.2, 0.25) is 0 Å². The predicted molar refractivity (Wildman–Crippen MR) is 126 cm³/mol. The molecule has 0 N–H and O–H groups in total. The average molecular weight is 375 g/mol. The van der Waals surface area contributed by atoms with E-state index in [1.807, 2.05) is 0 Å². The molecule has 27 heavy (non-hydrogen) atoms. The third kappa shape index (κ3) is 15.9. The Kier molecular flexibility index (Phi) is 15.7. The predicted octanol–water partition coefficient (Wildman–Crippen LogP) is 9.53. The second-order valence-corrected chi connectivity index (χ2v) is 9.68. The third-order valence-corrected chi connectivity index (χ3v) is 5.72. The van der Waals surface area contributed by atoms with Crippen LogP contribution in [0.2, 0.25) is 0 Å². The Morgan fingerprint density at radius 3 is 2.00 bits per heavy atom. The van der Waals surface area contributed by atoms with Crippen LogP contribution in [0.1, 0.15) is 113 Å². The number of hydrogen-bond acceptors (Lipinski definition) is 0. The van der Waals surface area contributed by atoms with Crippen molar-refractivity contribution in [3.63, 3.8) is 0 Å². The summed E-state index contributed by atoms with van der Waals surface area (Å²) in [7, 11) is 0. The van der Waals surface area contributed by atoms with Gasteiger partial charge in [-0.15, -0.1) is 6.58 Å². The Bertz CT molecular complexity index is 421. The lowest BCUT2D eigenvalue weighted by atomic mass is 9.88. The van der Waals surface area contributed by atoms with Crippen molar-refractivity contribution in [2.45, 2.75) is 113 Å². The van der Waals surface area contributed by atoms with Gasteiger partial charge in [-0.1, -0.05) is 90.2 Å². The fraction of sp³-hybridized carbons (Fsp3) is 0.778. The molecule has 0 aliphatic heterocycles. The Labute approximate surface area is 172 Å². The molecule has 0 aliphatic carbocycles. The van der Waals surface area contributed by atoms with E-state index in [9.17, 15) is 0 Å². The van der Waals surface area contributed by atoms with Crippen molar-refractivity contribution in [3.05, 3.63) is 36.0 Å². The van der Waals surface area contributed by atoms with E-state index in [2.05, 4.69) is 73.3 Å². The van der Waals surface area contributed by atoms with E-state index in [0.717, 1.165) is 24.2 Å². The van der Waals surface area contributed by atoms with Crippen molar-refractivity contribution in [1.82, 2.24) is 0 Å². The van der Waals surface area contributed by atoms with Crippen LogP contribution in [0.4, 0.5) is 0 Å². The summed E-state index contributed by atoms with van der Waals surface area (Å²) in [4.78, 5) is 0. The minimum absolute atomic E-state index is 0.589. The zero-order valence-corrected chi connectivity index (χ0v) is 19.8. The van der Waals surface area contributed by atoms with E-state index in [4.69, 9.17) is 0 Å². The van der Waals surface area contributed by atoms with E-state index in [1.54, 1.807) is 11.1 Å². The van der Waals surface area contributed by atoms with Crippen LogP contribution in [0, 0.1) is 23.7 Å². The third-order valence-electron chi connectivity index (χ3n) is 5.72. The summed E-state index contributed by atoms with van der Waals surface area (Å²) in [5.41, 5.74) is 3.28. The van der Waals surface area contributed by atoms with Crippen molar-refractivity contribution in [3.8, 4) is 0 Å². The molecule has 0 heteroatoms. The first-order chi connectivity index (χ1) is 12.8. The molecule has 0 heterocycles. The molecule has 0 aromatic rings. The first-order valence-electron chi connectivity index (χ1n) is 11.7. The molecule has 0 bridgehead atoms. The Morgan fingerprint density at radius 1 is 0.778 bits per heavy atom. The van der Waals surface area contributed by atoms with Gasteiger partial charge in [0.25, 0.3) is 0 Å². The van der Waals surface area contributed by atoms with Gasteiger partial charge in [-0.3, -0.25) is 0 Å². The van der Waals surface area contributed by atoms with Crippen LogP contribution in [0.3, 0.4) is 0 Å². The second kappa shape index (κ2) is 16.2.